The Kier molecular flexibility index (Phi) is 8.63. The number of carbonyl (C=O) groups is 1. The maximum Gasteiger partial charge on any atom is 0.340 e. The van der Waals surface area contributed by atoms with E-state index in [1.807, 2.05) is 141 Å². The van der Waals surface area contributed by atoms with Gasteiger partial charge in [0.15, 0.2) is 12.7 Å². The summed E-state index contributed by atoms with van der Waals surface area (Å²) in [5.41, 5.74) is 7.30. The van der Waals surface area contributed by atoms with Crippen molar-refractivity contribution >= 4 is 29.0 Å². The second kappa shape index (κ2) is 12.8. The van der Waals surface area contributed by atoms with Crippen molar-refractivity contribution in [2.24, 2.45) is 0 Å². The van der Waals surface area contributed by atoms with Crippen LogP contribution in [-0.2, 0) is 14.9 Å². The van der Waals surface area contributed by atoms with Crippen LogP contribution in [0.5, 0.6) is 0 Å². The maximum atomic E-state index is 14.0. The summed E-state index contributed by atoms with van der Waals surface area (Å²) in [5.74, 6) is -0.272. The first kappa shape index (κ1) is 31.0. The lowest BCUT2D eigenvalue weighted by atomic mass is 9.79. The number of esters is 1. The molecule has 0 N–H and O–H groups in total. The zero-order valence-electron chi connectivity index (χ0n) is 26.6. The molecule has 0 unspecified atom stereocenters. The molecule has 0 amide bonds. The summed E-state index contributed by atoms with van der Waals surface area (Å²) >= 11 is 0. The molecule has 0 aliphatic carbocycles. The van der Waals surface area contributed by atoms with E-state index in [1.165, 1.54) is 22.3 Å². The van der Waals surface area contributed by atoms with Crippen molar-refractivity contribution in [3.8, 4) is 0 Å². The molecule has 0 bridgehead atoms. The normalized spacial score (nSPS) is 13.3. The molecule has 1 aliphatic heterocycles. The molecule has 0 spiro atoms. The van der Waals surface area contributed by atoms with Crippen molar-refractivity contribution in [3.63, 3.8) is 0 Å². The van der Waals surface area contributed by atoms with Gasteiger partial charge in [-0.05, 0) is 33.8 Å². The highest BCUT2D eigenvalue weighted by Gasteiger charge is 2.48. The van der Waals surface area contributed by atoms with E-state index < -0.39 is 12.7 Å². The first-order chi connectivity index (χ1) is 22.2. The van der Waals surface area contributed by atoms with Gasteiger partial charge in [-0.25, -0.2) is 4.79 Å². The summed E-state index contributed by atoms with van der Waals surface area (Å²) in [6, 6.07) is 49.9. The lowest BCUT2D eigenvalue weighted by molar-refractivity contribution is 0.0251. The molecule has 1 heterocycles. The zero-order valence-corrected chi connectivity index (χ0v) is 27.5. The fraction of sp³-hybridized carbons (Fsp3) is 0.119. The van der Waals surface area contributed by atoms with E-state index in [9.17, 15) is 9.36 Å². The Bertz CT molecular complexity index is 1910. The van der Waals surface area contributed by atoms with Crippen LogP contribution in [0.15, 0.2) is 152 Å². The predicted molar refractivity (Wildman–Crippen MR) is 189 cm³/mol. The Morgan fingerprint density at radius 3 is 1.28 bits per heavy atom. The summed E-state index contributed by atoms with van der Waals surface area (Å²) in [6.45, 7) is 8.19. The van der Waals surface area contributed by atoms with Crippen molar-refractivity contribution in [1.82, 2.24) is 0 Å². The number of rotatable bonds is 5. The molecule has 0 saturated heterocycles. The SMILES string of the molecule is Cc1ccc(C2(c3ccc(C)cc3)OC(=O)c3ccccc32)cc1.Cc1ccc(P(=O)(c2ccccc2)c2ccc(C)cc2)cc1. The Morgan fingerprint density at radius 1 is 0.457 bits per heavy atom. The summed E-state index contributed by atoms with van der Waals surface area (Å²) in [5, 5.41) is 2.64. The molecule has 0 radical (unpaired) electrons. The molecule has 4 heteroatoms. The molecule has 228 valence electrons. The number of cyclic esters (lactones) is 1. The van der Waals surface area contributed by atoms with Crippen LogP contribution in [0.4, 0.5) is 0 Å². The third kappa shape index (κ3) is 5.75. The molecule has 3 nitrogen and oxygen atoms in total. The van der Waals surface area contributed by atoms with Crippen LogP contribution >= 0.6 is 7.14 Å². The molecule has 1 aliphatic rings. The Morgan fingerprint density at radius 2 is 0.826 bits per heavy atom. The smallest absolute Gasteiger partial charge is 0.340 e. The van der Waals surface area contributed by atoms with Crippen molar-refractivity contribution in [2.45, 2.75) is 33.3 Å². The van der Waals surface area contributed by atoms with E-state index in [0.717, 1.165) is 32.6 Å². The highest BCUT2D eigenvalue weighted by Crippen LogP contribution is 2.47. The van der Waals surface area contributed by atoms with Gasteiger partial charge in [0.05, 0.1) is 5.56 Å². The number of fused-ring (bicyclic) bond motifs is 1. The van der Waals surface area contributed by atoms with E-state index in [2.05, 4.69) is 38.1 Å². The summed E-state index contributed by atoms with van der Waals surface area (Å²) in [7, 11) is -2.82. The zero-order chi connectivity index (χ0) is 32.3. The first-order valence-electron chi connectivity index (χ1n) is 15.5. The van der Waals surface area contributed by atoms with Gasteiger partial charge in [-0.3, -0.25) is 0 Å². The molecule has 46 heavy (non-hydrogen) atoms. The van der Waals surface area contributed by atoms with Gasteiger partial charge >= 0.3 is 5.97 Å². The van der Waals surface area contributed by atoms with Gasteiger partial charge in [-0.1, -0.05) is 168 Å². The van der Waals surface area contributed by atoms with Crippen LogP contribution in [0.3, 0.4) is 0 Å². The van der Waals surface area contributed by atoms with Gasteiger partial charge in [0.25, 0.3) is 0 Å². The van der Waals surface area contributed by atoms with Crippen LogP contribution in [0.25, 0.3) is 0 Å². The van der Waals surface area contributed by atoms with Gasteiger partial charge < -0.3 is 9.30 Å². The molecule has 0 atom stereocenters. The van der Waals surface area contributed by atoms with Gasteiger partial charge in [-0.2, -0.15) is 0 Å². The third-order valence-electron chi connectivity index (χ3n) is 8.60. The lowest BCUT2D eigenvalue weighted by Crippen LogP contribution is -2.29. The monoisotopic (exact) mass is 620 g/mol. The Hall–Kier alpha value is -4.98. The number of hydrogen-bond acceptors (Lipinski definition) is 3. The molecule has 6 aromatic rings. The maximum absolute atomic E-state index is 14.0. The number of benzene rings is 6. The summed E-state index contributed by atoms with van der Waals surface area (Å²) in [6.07, 6.45) is 0. The second-order valence-corrected chi connectivity index (χ2v) is 14.7. The average molecular weight is 621 g/mol. The molecular formula is C42H37O3P. The molecule has 0 aromatic heterocycles. The number of aryl methyl sites for hydroxylation is 4. The van der Waals surface area contributed by atoms with Crippen molar-refractivity contribution in [1.29, 1.82) is 0 Å². The van der Waals surface area contributed by atoms with E-state index in [0.29, 0.717) is 5.56 Å². The van der Waals surface area contributed by atoms with E-state index >= 15 is 0 Å². The van der Waals surface area contributed by atoms with Gasteiger partial charge in [0, 0.05) is 32.6 Å². The van der Waals surface area contributed by atoms with Crippen LogP contribution < -0.4 is 15.9 Å². The summed E-state index contributed by atoms with van der Waals surface area (Å²) in [4.78, 5) is 12.5. The second-order valence-electron chi connectivity index (χ2n) is 12.0. The minimum atomic E-state index is -2.82. The predicted octanol–water partition coefficient (Wildman–Crippen LogP) is 8.71. The van der Waals surface area contributed by atoms with E-state index in [4.69, 9.17) is 4.74 Å². The fourth-order valence-electron chi connectivity index (χ4n) is 5.98. The van der Waals surface area contributed by atoms with Gasteiger partial charge in [-0.15, -0.1) is 0 Å². The quantitative estimate of drug-likeness (QED) is 0.143. The lowest BCUT2D eigenvalue weighted by Gasteiger charge is -2.30. The third-order valence-corrected chi connectivity index (χ3v) is 11.7. The van der Waals surface area contributed by atoms with Crippen LogP contribution in [-0.4, -0.2) is 5.97 Å². The van der Waals surface area contributed by atoms with Crippen molar-refractivity contribution in [3.05, 3.63) is 196 Å². The number of carbonyl (C=O) groups excluding carboxylic acids is 1. The van der Waals surface area contributed by atoms with E-state index in [-0.39, 0.29) is 5.97 Å². The minimum Gasteiger partial charge on any atom is -0.441 e. The highest BCUT2D eigenvalue weighted by molar-refractivity contribution is 7.85. The van der Waals surface area contributed by atoms with Crippen molar-refractivity contribution in [2.75, 3.05) is 0 Å². The van der Waals surface area contributed by atoms with Crippen LogP contribution in [0, 0.1) is 27.7 Å². The number of hydrogen-bond donors (Lipinski definition) is 0. The minimum absolute atomic E-state index is 0.272. The molecule has 0 saturated carbocycles. The van der Waals surface area contributed by atoms with Gasteiger partial charge in [0.1, 0.15) is 0 Å². The fourth-order valence-corrected chi connectivity index (χ4v) is 8.61. The number of ether oxygens (including phenoxy) is 1. The summed E-state index contributed by atoms with van der Waals surface area (Å²) < 4.78 is 20.1. The molecule has 0 fully saturated rings. The Balaban J connectivity index is 0.000000162. The highest BCUT2D eigenvalue weighted by atomic mass is 31.2. The van der Waals surface area contributed by atoms with E-state index in [1.54, 1.807) is 0 Å². The molecular weight excluding hydrogens is 583 g/mol. The molecule has 7 rings (SSSR count). The van der Waals surface area contributed by atoms with Crippen LogP contribution in [0.1, 0.15) is 49.3 Å². The average Bonchev–Trinajstić information content (AvgIpc) is 3.39. The standard InChI is InChI=1S/C22H18O2.C20H19OP/c1-15-7-11-17(12-8-15)22(18-13-9-16(2)10-14-18)20-6-4-3-5-19(20)21(23)24-22;1-16-8-12-19(13-9-16)22(21,18-6-4-3-5-7-18)20-14-10-17(2)11-15-20/h3-14H,1-2H3;3-15H,1-2H3. The van der Waals surface area contributed by atoms with Crippen molar-refractivity contribution < 1.29 is 14.1 Å². The topological polar surface area (TPSA) is 43.4 Å². The van der Waals surface area contributed by atoms with Gasteiger partial charge in [0.2, 0.25) is 0 Å². The largest absolute Gasteiger partial charge is 0.441 e. The first-order valence-corrected chi connectivity index (χ1v) is 17.2. The Labute approximate surface area is 271 Å². The molecule has 6 aromatic carbocycles. The van der Waals surface area contributed by atoms with Crippen LogP contribution in [0.2, 0.25) is 0 Å².